The van der Waals surface area contributed by atoms with Gasteiger partial charge in [-0.3, -0.25) is 4.79 Å². The number of methoxy groups -OCH3 is 1. The first kappa shape index (κ1) is 16.9. The predicted octanol–water partition coefficient (Wildman–Crippen LogP) is 2.62. The van der Waals surface area contributed by atoms with Gasteiger partial charge >= 0.3 is 5.97 Å². The summed E-state index contributed by atoms with van der Waals surface area (Å²) in [5, 5.41) is 5.92. The summed E-state index contributed by atoms with van der Waals surface area (Å²) in [4.78, 5) is 28.8. The van der Waals surface area contributed by atoms with Gasteiger partial charge in [-0.15, -0.1) is 11.3 Å². The molecule has 5 nitrogen and oxygen atoms in total. The van der Waals surface area contributed by atoms with Crippen LogP contribution in [0.3, 0.4) is 0 Å². The molecule has 0 aliphatic heterocycles. The van der Waals surface area contributed by atoms with Gasteiger partial charge in [-0.2, -0.15) is 0 Å². The molecular weight excluding hydrogens is 300 g/mol. The molecule has 1 N–H and O–H groups in total. The fraction of sp³-hybridized carbons (Fsp3) is 0.688. The van der Waals surface area contributed by atoms with E-state index in [1.807, 2.05) is 12.3 Å². The quantitative estimate of drug-likeness (QED) is 0.845. The van der Waals surface area contributed by atoms with Crippen LogP contribution < -0.4 is 5.32 Å². The van der Waals surface area contributed by atoms with Crippen molar-refractivity contribution in [1.82, 2.24) is 10.3 Å². The van der Waals surface area contributed by atoms with Crippen molar-refractivity contribution in [2.75, 3.05) is 7.11 Å². The second-order valence-corrected chi connectivity index (χ2v) is 7.22. The largest absolute Gasteiger partial charge is 0.467 e. The maximum atomic E-state index is 12.3. The van der Waals surface area contributed by atoms with Gasteiger partial charge in [0.15, 0.2) is 0 Å². The van der Waals surface area contributed by atoms with Gasteiger partial charge in [0, 0.05) is 11.8 Å². The van der Waals surface area contributed by atoms with Crippen LogP contribution in [0, 0.1) is 12.8 Å². The van der Waals surface area contributed by atoms with Crippen LogP contribution in [0.4, 0.5) is 0 Å². The second kappa shape index (κ2) is 7.22. The summed E-state index contributed by atoms with van der Waals surface area (Å²) < 4.78 is 4.93. The Bertz CT molecular complexity index is 533. The fourth-order valence-electron chi connectivity index (χ4n) is 2.92. The monoisotopic (exact) mass is 324 g/mol. The Morgan fingerprint density at radius 3 is 2.68 bits per heavy atom. The van der Waals surface area contributed by atoms with Crippen LogP contribution in [0.2, 0.25) is 0 Å². The minimum absolute atomic E-state index is 0.106. The van der Waals surface area contributed by atoms with Gasteiger partial charge in [-0.25, -0.2) is 9.78 Å². The molecule has 1 aliphatic carbocycles. The summed E-state index contributed by atoms with van der Waals surface area (Å²) in [5.74, 6) is 0.163. The lowest BCUT2D eigenvalue weighted by Gasteiger charge is -2.37. The first-order valence-electron chi connectivity index (χ1n) is 7.75. The van der Waals surface area contributed by atoms with Gasteiger partial charge in [0.1, 0.15) is 5.54 Å². The van der Waals surface area contributed by atoms with E-state index in [1.165, 1.54) is 7.11 Å². The highest BCUT2D eigenvalue weighted by atomic mass is 32.1. The molecule has 1 fully saturated rings. The molecule has 1 heterocycles. The topological polar surface area (TPSA) is 68.3 Å². The molecular formula is C16H24N2O3S. The molecule has 0 unspecified atom stereocenters. The van der Waals surface area contributed by atoms with Crippen molar-refractivity contribution >= 4 is 23.2 Å². The van der Waals surface area contributed by atoms with Gasteiger partial charge in [0.25, 0.3) is 0 Å². The molecule has 22 heavy (non-hydrogen) atoms. The van der Waals surface area contributed by atoms with Crippen molar-refractivity contribution in [2.24, 2.45) is 5.92 Å². The summed E-state index contributed by atoms with van der Waals surface area (Å²) in [5.41, 5.74) is 0.0955. The molecule has 0 aromatic carbocycles. The van der Waals surface area contributed by atoms with E-state index < -0.39 is 5.54 Å². The zero-order valence-electron chi connectivity index (χ0n) is 13.5. The molecule has 1 aromatic rings. The van der Waals surface area contributed by atoms with E-state index in [9.17, 15) is 9.59 Å². The van der Waals surface area contributed by atoms with Crippen molar-refractivity contribution < 1.29 is 14.3 Å². The number of hydrogen-bond acceptors (Lipinski definition) is 5. The first-order chi connectivity index (χ1) is 10.4. The standard InChI is InChI=1S/C16H24N2O3S/c1-11-6-8-16(9-7-11,15(20)21-3)18-14(19)5-4-13-10-22-12(2)17-13/h10-11H,4-9H2,1-3H3,(H,18,19). The van der Waals surface area contributed by atoms with E-state index in [1.54, 1.807) is 11.3 Å². The summed E-state index contributed by atoms with van der Waals surface area (Å²) >= 11 is 1.58. The van der Waals surface area contributed by atoms with Gasteiger partial charge in [-0.05, 0) is 44.9 Å². The summed E-state index contributed by atoms with van der Waals surface area (Å²) in [6.45, 7) is 4.12. The third kappa shape index (κ3) is 4.06. The van der Waals surface area contributed by atoms with Gasteiger partial charge < -0.3 is 10.1 Å². The SMILES string of the molecule is COC(=O)C1(NC(=O)CCc2csc(C)n2)CCC(C)CC1. The number of nitrogens with one attached hydrogen (secondary N) is 1. The number of thiazole rings is 1. The van der Waals surface area contributed by atoms with E-state index in [0.29, 0.717) is 31.6 Å². The van der Waals surface area contributed by atoms with Crippen LogP contribution >= 0.6 is 11.3 Å². The van der Waals surface area contributed by atoms with E-state index in [-0.39, 0.29) is 11.9 Å². The van der Waals surface area contributed by atoms with E-state index >= 15 is 0 Å². The molecule has 1 aliphatic rings. The number of hydrogen-bond donors (Lipinski definition) is 1. The number of aromatic nitrogens is 1. The Morgan fingerprint density at radius 2 is 2.14 bits per heavy atom. The smallest absolute Gasteiger partial charge is 0.331 e. The lowest BCUT2D eigenvalue weighted by Crippen LogP contribution is -2.56. The summed E-state index contributed by atoms with van der Waals surface area (Å²) in [6.07, 6.45) is 4.12. The van der Waals surface area contributed by atoms with Gasteiger partial charge in [0.2, 0.25) is 5.91 Å². The van der Waals surface area contributed by atoms with Crippen molar-refractivity contribution in [2.45, 2.75) is 57.9 Å². The van der Waals surface area contributed by atoms with Gasteiger partial charge in [-0.1, -0.05) is 6.92 Å². The third-order valence-electron chi connectivity index (χ3n) is 4.36. The minimum Gasteiger partial charge on any atom is -0.467 e. The Hall–Kier alpha value is -1.43. The predicted molar refractivity (Wildman–Crippen MR) is 85.7 cm³/mol. The summed E-state index contributed by atoms with van der Waals surface area (Å²) in [6, 6.07) is 0. The van der Waals surface area contributed by atoms with E-state index in [0.717, 1.165) is 23.5 Å². The normalized spacial score (nSPS) is 24.8. The van der Waals surface area contributed by atoms with Crippen molar-refractivity contribution in [3.05, 3.63) is 16.1 Å². The third-order valence-corrected chi connectivity index (χ3v) is 5.18. The second-order valence-electron chi connectivity index (χ2n) is 6.16. The number of aryl methyl sites for hydroxylation is 2. The van der Waals surface area contributed by atoms with Crippen LogP contribution in [0.1, 0.15) is 49.7 Å². The molecule has 6 heteroatoms. The van der Waals surface area contributed by atoms with Crippen LogP contribution in [0.25, 0.3) is 0 Å². The fourth-order valence-corrected chi connectivity index (χ4v) is 3.57. The number of carbonyl (C=O) groups excluding carboxylic acids is 2. The first-order valence-corrected chi connectivity index (χ1v) is 8.63. The minimum atomic E-state index is -0.837. The lowest BCUT2D eigenvalue weighted by molar-refractivity contribution is -0.153. The lowest BCUT2D eigenvalue weighted by atomic mass is 9.77. The van der Waals surface area contributed by atoms with Crippen LogP contribution in [0.5, 0.6) is 0 Å². The number of ether oxygens (including phenoxy) is 1. The molecule has 1 aromatic heterocycles. The van der Waals surface area contributed by atoms with Crippen LogP contribution in [-0.4, -0.2) is 29.5 Å². The van der Waals surface area contributed by atoms with Gasteiger partial charge in [0.05, 0.1) is 17.8 Å². The zero-order chi connectivity index (χ0) is 16.2. The average Bonchev–Trinajstić information content (AvgIpc) is 2.92. The number of carbonyl (C=O) groups is 2. The highest BCUT2D eigenvalue weighted by Crippen LogP contribution is 2.33. The molecule has 0 bridgehead atoms. The molecule has 0 radical (unpaired) electrons. The Labute approximate surface area is 135 Å². The van der Waals surface area contributed by atoms with E-state index in [4.69, 9.17) is 4.74 Å². The maximum absolute atomic E-state index is 12.3. The Morgan fingerprint density at radius 1 is 1.45 bits per heavy atom. The van der Waals surface area contributed by atoms with Crippen molar-refractivity contribution in [3.8, 4) is 0 Å². The number of nitrogens with zero attached hydrogens (tertiary/aromatic N) is 1. The number of esters is 1. The van der Waals surface area contributed by atoms with Crippen LogP contribution in [0.15, 0.2) is 5.38 Å². The molecule has 1 saturated carbocycles. The zero-order valence-corrected chi connectivity index (χ0v) is 14.3. The molecule has 0 saturated heterocycles. The maximum Gasteiger partial charge on any atom is 0.331 e. The molecule has 2 rings (SSSR count). The van der Waals surface area contributed by atoms with Crippen molar-refractivity contribution in [3.63, 3.8) is 0 Å². The molecule has 1 amide bonds. The molecule has 0 atom stereocenters. The number of rotatable bonds is 5. The molecule has 122 valence electrons. The Balaban J connectivity index is 1.95. The van der Waals surface area contributed by atoms with Crippen LogP contribution in [-0.2, 0) is 20.7 Å². The average molecular weight is 324 g/mol. The Kier molecular flexibility index (Phi) is 5.56. The highest BCUT2D eigenvalue weighted by Gasteiger charge is 2.43. The summed E-state index contributed by atoms with van der Waals surface area (Å²) in [7, 11) is 1.38. The highest BCUT2D eigenvalue weighted by molar-refractivity contribution is 7.09. The van der Waals surface area contributed by atoms with E-state index in [2.05, 4.69) is 17.2 Å². The number of amides is 1. The molecule has 0 spiro atoms. The van der Waals surface area contributed by atoms with Crippen molar-refractivity contribution in [1.29, 1.82) is 0 Å².